The van der Waals surface area contributed by atoms with E-state index < -0.39 is 0 Å². The molecule has 1 saturated heterocycles. The summed E-state index contributed by atoms with van der Waals surface area (Å²) in [7, 11) is 1.68. The third-order valence-electron chi connectivity index (χ3n) is 3.95. The van der Waals surface area contributed by atoms with Gasteiger partial charge in [-0.25, -0.2) is 4.99 Å². The van der Waals surface area contributed by atoms with Gasteiger partial charge in [-0.15, -0.1) is 24.0 Å². The normalized spacial score (nSPS) is 15.4. The number of morpholine rings is 1. The van der Waals surface area contributed by atoms with Crippen LogP contribution in [0.3, 0.4) is 0 Å². The number of hydrogen-bond acceptors (Lipinski definition) is 4. The Morgan fingerprint density at radius 3 is 2.80 bits per heavy atom. The van der Waals surface area contributed by atoms with Gasteiger partial charge in [-0.1, -0.05) is 12.1 Å². The molecule has 0 atom stereocenters. The van der Waals surface area contributed by atoms with Crippen LogP contribution in [0.4, 0.5) is 0 Å². The first-order valence-electron chi connectivity index (χ1n) is 8.77. The standard InChI is InChI=1S/C18H30N4O2.HI/c1-3-19-18(20-8-5-9-22-10-12-24-13-11-22)21-15-16-6-4-7-17(14-16)23-2;/h4,6-7,14H,3,5,8-13,15H2,1-2H3,(H2,19,20,21);1H. The van der Waals surface area contributed by atoms with E-state index in [9.17, 15) is 0 Å². The summed E-state index contributed by atoms with van der Waals surface area (Å²) < 4.78 is 10.6. The van der Waals surface area contributed by atoms with E-state index >= 15 is 0 Å². The summed E-state index contributed by atoms with van der Waals surface area (Å²) in [5.74, 6) is 1.73. The fraction of sp³-hybridized carbons (Fsp3) is 0.611. The van der Waals surface area contributed by atoms with Gasteiger partial charge >= 0.3 is 0 Å². The van der Waals surface area contributed by atoms with Crippen LogP contribution in [0.5, 0.6) is 5.75 Å². The highest BCUT2D eigenvalue weighted by Crippen LogP contribution is 2.13. The molecule has 2 N–H and O–H groups in total. The second-order valence-electron chi connectivity index (χ2n) is 5.78. The van der Waals surface area contributed by atoms with Crippen LogP contribution in [-0.2, 0) is 11.3 Å². The highest BCUT2D eigenvalue weighted by Gasteiger charge is 2.09. The molecule has 1 aromatic carbocycles. The number of nitrogens with zero attached hydrogens (tertiary/aromatic N) is 2. The van der Waals surface area contributed by atoms with Crippen LogP contribution < -0.4 is 15.4 Å². The molecule has 1 fully saturated rings. The Morgan fingerprint density at radius 2 is 2.08 bits per heavy atom. The first-order valence-corrected chi connectivity index (χ1v) is 8.77. The molecule has 0 amide bonds. The topological polar surface area (TPSA) is 58.1 Å². The van der Waals surface area contributed by atoms with Crippen molar-refractivity contribution >= 4 is 29.9 Å². The SMILES string of the molecule is CCNC(=NCc1cccc(OC)c1)NCCCN1CCOCC1.I. The quantitative estimate of drug-likeness (QED) is 0.268. The highest BCUT2D eigenvalue weighted by molar-refractivity contribution is 14.0. The summed E-state index contributed by atoms with van der Waals surface area (Å²) >= 11 is 0. The molecule has 2 rings (SSSR count). The molecule has 6 nitrogen and oxygen atoms in total. The third kappa shape index (κ3) is 8.73. The number of nitrogens with one attached hydrogen (secondary N) is 2. The molecule has 7 heteroatoms. The summed E-state index contributed by atoms with van der Waals surface area (Å²) in [5, 5.41) is 6.70. The van der Waals surface area contributed by atoms with Crippen LogP contribution in [0.15, 0.2) is 29.3 Å². The van der Waals surface area contributed by atoms with Gasteiger partial charge in [0.15, 0.2) is 5.96 Å². The van der Waals surface area contributed by atoms with Crippen LogP contribution in [0, 0.1) is 0 Å². The van der Waals surface area contributed by atoms with Crippen molar-refractivity contribution in [3.05, 3.63) is 29.8 Å². The van der Waals surface area contributed by atoms with Gasteiger partial charge in [0.05, 0.1) is 26.9 Å². The Bertz CT molecular complexity index is 508. The zero-order valence-corrected chi connectivity index (χ0v) is 17.6. The molecule has 25 heavy (non-hydrogen) atoms. The van der Waals surface area contributed by atoms with Gasteiger partial charge in [-0.3, -0.25) is 4.90 Å². The van der Waals surface area contributed by atoms with Crippen molar-refractivity contribution in [2.75, 3.05) is 53.0 Å². The molecule has 1 aliphatic heterocycles. The fourth-order valence-electron chi connectivity index (χ4n) is 2.62. The maximum Gasteiger partial charge on any atom is 0.191 e. The molecular weight excluding hydrogens is 431 g/mol. The Kier molecular flexibility index (Phi) is 11.6. The lowest BCUT2D eigenvalue weighted by Crippen LogP contribution is -2.40. The minimum Gasteiger partial charge on any atom is -0.497 e. The highest BCUT2D eigenvalue weighted by atomic mass is 127. The van der Waals surface area contributed by atoms with Crippen LogP contribution >= 0.6 is 24.0 Å². The molecular formula is C18H31IN4O2. The van der Waals surface area contributed by atoms with Crippen molar-refractivity contribution in [2.24, 2.45) is 4.99 Å². The van der Waals surface area contributed by atoms with Crippen molar-refractivity contribution in [3.8, 4) is 5.75 Å². The molecule has 0 aromatic heterocycles. The molecule has 1 aliphatic rings. The Balaban J connectivity index is 0.00000312. The number of halogens is 1. The van der Waals surface area contributed by atoms with Gasteiger partial charge < -0.3 is 20.1 Å². The van der Waals surface area contributed by atoms with E-state index in [0.29, 0.717) is 6.54 Å². The van der Waals surface area contributed by atoms with Crippen molar-refractivity contribution < 1.29 is 9.47 Å². The predicted octanol–water partition coefficient (Wildman–Crippen LogP) is 2.09. The average Bonchev–Trinajstić information content (AvgIpc) is 2.64. The Hall–Kier alpha value is -1.06. The van der Waals surface area contributed by atoms with Crippen molar-refractivity contribution in [3.63, 3.8) is 0 Å². The number of rotatable bonds is 8. The van der Waals surface area contributed by atoms with E-state index in [1.807, 2.05) is 18.2 Å². The summed E-state index contributed by atoms with van der Waals surface area (Å²) in [4.78, 5) is 7.10. The van der Waals surface area contributed by atoms with E-state index in [4.69, 9.17) is 9.47 Å². The molecule has 0 unspecified atom stereocenters. The maximum atomic E-state index is 5.37. The number of benzene rings is 1. The van der Waals surface area contributed by atoms with E-state index in [2.05, 4.69) is 33.5 Å². The van der Waals surface area contributed by atoms with Crippen molar-refractivity contribution in [1.29, 1.82) is 0 Å². The number of aliphatic imine (C=N–C) groups is 1. The minimum absolute atomic E-state index is 0. The van der Waals surface area contributed by atoms with Gasteiger partial charge in [-0.2, -0.15) is 0 Å². The summed E-state index contributed by atoms with van der Waals surface area (Å²) in [6.07, 6.45) is 1.10. The second-order valence-corrected chi connectivity index (χ2v) is 5.78. The molecule has 142 valence electrons. The monoisotopic (exact) mass is 462 g/mol. The lowest BCUT2D eigenvalue weighted by atomic mass is 10.2. The van der Waals surface area contributed by atoms with Gasteiger partial charge in [0.1, 0.15) is 5.75 Å². The molecule has 0 bridgehead atoms. The zero-order chi connectivity index (χ0) is 17.0. The van der Waals surface area contributed by atoms with Crippen molar-refractivity contribution in [2.45, 2.75) is 19.9 Å². The molecule has 0 saturated carbocycles. The van der Waals surface area contributed by atoms with E-state index in [0.717, 1.165) is 69.6 Å². The number of guanidine groups is 1. The molecule has 0 aliphatic carbocycles. The summed E-state index contributed by atoms with van der Waals surface area (Å²) in [5.41, 5.74) is 1.14. The van der Waals surface area contributed by atoms with Gasteiger partial charge in [0.25, 0.3) is 0 Å². The fourth-order valence-corrected chi connectivity index (χ4v) is 2.62. The van der Waals surface area contributed by atoms with Gasteiger partial charge in [0.2, 0.25) is 0 Å². The summed E-state index contributed by atoms with van der Waals surface area (Å²) in [6, 6.07) is 8.02. The Morgan fingerprint density at radius 1 is 1.28 bits per heavy atom. The van der Waals surface area contributed by atoms with E-state index in [-0.39, 0.29) is 24.0 Å². The largest absolute Gasteiger partial charge is 0.497 e. The first kappa shape index (κ1) is 22.0. The zero-order valence-electron chi connectivity index (χ0n) is 15.3. The predicted molar refractivity (Wildman–Crippen MR) is 113 cm³/mol. The molecule has 1 aromatic rings. The first-order chi connectivity index (χ1) is 11.8. The van der Waals surface area contributed by atoms with Crippen LogP contribution in [0.25, 0.3) is 0 Å². The lowest BCUT2D eigenvalue weighted by Gasteiger charge is -2.26. The maximum absolute atomic E-state index is 5.37. The van der Waals surface area contributed by atoms with Crippen molar-refractivity contribution in [1.82, 2.24) is 15.5 Å². The van der Waals surface area contributed by atoms with Gasteiger partial charge in [-0.05, 0) is 37.6 Å². The Labute approximate surface area is 168 Å². The number of methoxy groups -OCH3 is 1. The molecule has 1 heterocycles. The number of ether oxygens (including phenoxy) is 2. The number of hydrogen-bond donors (Lipinski definition) is 2. The molecule has 0 spiro atoms. The average molecular weight is 462 g/mol. The summed E-state index contributed by atoms with van der Waals surface area (Å²) in [6.45, 7) is 9.40. The third-order valence-corrected chi connectivity index (χ3v) is 3.95. The van der Waals surface area contributed by atoms with E-state index in [1.54, 1.807) is 7.11 Å². The van der Waals surface area contributed by atoms with Gasteiger partial charge in [0, 0.05) is 26.2 Å². The molecule has 0 radical (unpaired) electrons. The second kappa shape index (κ2) is 13.2. The smallest absolute Gasteiger partial charge is 0.191 e. The lowest BCUT2D eigenvalue weighted by molar-refractivity contribution is 0.0376. The minimum atomic E-state index is 0. The van der Waals surface area contributed by atoms with Crippen LogP contribution in [0.2, 0.25) is 0 Å². The van der Waals surface area contributed by atoms with E-state index in [1.165, 1.54) is 0 Å². The van der Waals surface area contributed by atoms with Crippen LogP contribution in [-0.4, -0.2) is 63.9 Å². The van der Waals surface area contributed by atoms with Crippen LogP contribution in [0.1, 0.15) is 18.9 Å².